The summed E-state index contributed by atoms with van der Waals surface area (Å²) in [5.74, 6) is 0. The first-order chi connectivity index (χ1) is 6.81. The zero-order valence-electron chi connectivity index (χ0n) is 9.49. The van der Waals surface area contributed by atoms with Crippen LogP contribution in [0.25, 0.3) is 0 Å². The molecule has 0 saturated heterocycles. The Labute approximate surface area is 120 Å². The number of rotatable bonds is 3. The molecule has 7 heteroatoms. The fourth-order valence-electron chi connectivity index (χ4n) is 0. The molecule has 0 spiro atoms. The Morgan fingerprint density at radius 2 is 0.750 bits per heavy atom. The van der Waals surface area contributed by atoms with Crippen molar-refractivity contribution in [2.24, 2.45) is 0 Å². The fraction of sp³-hybridized carbons (Fsp3) is 0.667. The molecule has 0 aliphatic heterocycles. The van der Waals surface area contributed by atoms with E-state index in [-0.39, 0.29) is 32.7 Å². The third-order valence-electron chi connectivity index (χ3n) is 0.575. The molecule has 0 amide bonds. The second-order valence-corrected chi connectivity index (χ2v) is 2.52. The van der Waals surface area contributed by atoms with Gasteiger partial charge in [-0.25, -0.2) is 0 Å². The van der Waals surface area contributed by atoms with Gasteiger partial charge in [-0.05, 0) is 0 Å². The van der Waals surface area contributed by atoms with Crippen molar-refractivity contribution < 1.29 is 62.4 Å². The maximum Gasteiger partial charge on any atom is 3.00 e. The second-order valence-electron chi connectivity index (χ2n) is 2.52. The van der Waals surface area contributed by atoms with Crippen molar-refractivity contribution in [3.63, 3.8) is 0 Å². The van der Waals surface area contributed by atoms with Crippen molar-refractivity contribution in [3.05, 3.63) is 0 Å². The minimum absolute atomic E-state index is 0. The van der Waals surface area contributed by atoms with Crippen molar-refractivity contribution in [2.75, 3.05) is 0 Å². The van der Waals surface area contributed by atoms with Crippen LogP contribution in [0.5, 0.6) is 0 Å². The van der Waals surface area contributed by atoms with Crippen LogP contribution in [-0.2, 0) is 47.1 Å². The summed E-state index contributed by atoms with van der Waals surface area (Å²) in [5, 5.41) is 28.6. The van der Waals surface area contributed by atoms with Crippen LogP contribution < -0.4 is 15.3 Å². The maximum atomic E-state index is 9.53. The minimum Gasteiger partial charge on any atom is -0.847 e. The normalized spacial score (nSPS) is 13.1. The molecule has 0 aromatic carbocycles. The molecule has 0 aliphatic carbocycles. The fourth-order valence-corrected chi connectivity index (χ4v) is 0. The number of carbonyl (C=O) groups is 3. The summed E-state index contributed by atoms with van der Waals surface area (Å²) < 4.78 is 0. The van der Waals surface area contributed by atoms with Crippen molar-refractivity contribution in [3.8, 4) is 0 Å². The molecule has 3 unspecified atom stereocenters. The summed E-state index contributed by atoms with van der Waals surface area (Å²) in [6, 6.07) is 0. The Kier molecular flexibility index (Phi) is 31.9. The molecule has 0 rings (SSSR count). The van der Waals surface area contributed by atoms with Gasteiger partial charge >= 0.3 is 32.7 Å². The largest absolute Gasteiger partial charge is 3.00 e. The summed E-state index contributed by atoms with van der Waals surface area (Å²) >= 11 is 0. The number of hydrogen-bond acceptors (Lipinski definition) is 6. The van der Waals surface area contributed by atoms with Gasteiger partial charge in [-0.1, -0.05) is 39.1 Å². The van der Waals surface area contributed by atoms with Crippen LogP contribution >= 0.6 is 0 Å². The predicted molar refractivity (Wildman–Crippen MR) is 46.6 cm³/mol. The van der Waals surface area contributed by atoms with Crippen molar-refractivity contribution in [1.82, 2.24) is 0 Å². The molecule has 0 fully saturated rings. The topological polar surface area (TPSA) is 120 Å². The smallest absolute Gasteiger partial charge is 0.847 e. The summed E-state index contributed by atoms with van der Waals surface area (Å²) in [4.78, 5) is 27.6. The molecule has 0 saturated carbocycles. The van der Waals surface area contributed by atoms with Crippen molar-refractivity contribution in [1.29, 1.82) is 0 Å². The van der Waals surface area contributed by atoms with Gasteiger partial charge in [0, 0.05) is 0 Å². The molecule has 90 valence electrons. The Bertz CT molecular complexity index is 130. The van der Waals surface area contributed by atoms with Crippen LogP contribution in [0.3, 0.4) is 0 Å². The molecule has 0 heterocycles. The summed E-state index contributed by atoms with van der Waals surface area (Å²) in [6.45, 7) is 3.90. The van der Waals surface area contributed by atoms with E-state index in [0.717, 1.165) is 0 Å². The molecule has 0 aliphatic rings. The van der Waals surface area contributed by atoms with Gasteiger partial charge in [0.2, 0.25) is 0 Å². The standard InChI is InChI=1S/3C3H5O2.Y/c3*1-3(5)2-4;/h3*2-3H,1H3;/q3*-1;+3. The first-order valence-electron chi connectivity index (χ1n) is 4.15. The average Bonchev–Trinajstić information content (AvgIpc) is 2.19. The van der Waals surface area contributed by atoms with Crippen LogP contribution in [0.1, 0.15) is 20.8 Å². The van der Waals surface area contributed by atoms with Crippen molar-refractivity contribution in [2.45, 2.75) is 39.1 Å². The van der Waals surface area contributed by atoms with Gasteiger partial charge in [0.1, 0.15) is 18.9 Å². The van der Waals surface area contributed by atoms with E-state index in [2.05, 4.69) is 0 Å². The Morgan fingerprint density at radius 3 is 0.750 bits per heavy atom. The molecule has 3 atom stereocenters. The predicted octanol–water partition coefficient (Wildman–Crippen LogP) is -3.20. The van der Waals surface area contributed by atoms with E-state index in [4.69, 9.17) is 0 Å². The minimum atomic E-state index is -1.05. The third-order valence-corrected chi connectivity index (χ3v) is 0.575. The van der Waals surface area contributed by atoms with E-state index < -0.39 is 18.3 Å². The molecule has 0 aromatic rings. The molecule has 0 bridgehead atoms. The number of aldehydes is 3. The van der Waals surface area contributed by atoms with E-state index in [1.54, 1.807) is 0 Å². The van der Waals surface area contributed by atoms with Gasteiger partial charge in [-0.15, -0.1) is 0 Å². The molecule has 0 radical (unpaired) electrons. The molecule has 0 N–H and O–H groups in total. The number of hydrogen-bond donors (Lipinski definition) is 0. The van der Waals surface area contributed by atoms with Crippen molar-refractivity contribution >= 4 is 18.9 Å². The van der Waals surface area contributed by atoms with E-state index in [9.17, 15) is 29.7 Å². The van der Waals surface area contributed by atoms with Gasteiger partial charge in [-0.3, -0.25) is 0 Å². The van der Waals surface area contributed by atoms with Gasteiger partial charge in [0.15, 0.2) is 0 Å². The molecule has 6 nitrogen and oxygen atoms in total. The molecular formula is C9H15O6Y. The van der Waals surface area contributed by atoms with Crippen LogP contribution in [0.4, 0.5) is 0 Å². The number of carbonyl (C=O) groups excluding carboxylic acids is 3. The Hall–Kier alpha value is -0.00610. The molecule has 0 aromatic heterocycles. The Balaban J connectivity index is -0.0000000655. The first kappa shape index (κ1) is 25.0. The molecule has 16 heavy (non-hydrogen) atoms. The van der Waals surface area contributed by atoms with E-state index in [0.29, 0.717) is 18.9 Å². The SMILES string of the molecule is CC([O-])C=O.CC([O-])C=O.CC([O-])C=O.[Y+3]. The van der Waals surface area contributed by atoms with E-state index in [1.165, 1.54) is 20.8 Å². The zero-order valence-corrected chi connectivity index (χ0v) is 12.3. The summed E-state index contributed by atoms with van der Waals surface area (Å²) in [5.41, 5.74) is 0. The van der Waals surface area contributed by atoms with Gasteiger partial charge in [-0.2, -0.15) is 0 Å². The van der Waals surface area contributed by atoms with Crippen LogP contribution in [0, 0.1) is 0 Å². The Morgan fingerprint density at radius 1 is 0.688 bits per heavy atom. The first-order valence-corrected chi connectivity index (χ1v) is 4.15. The average molecular weight is 308 g/mol. The quantitative estimate of drug-likeness (QED) is 0.506. The summed E-state index contributed by atoms with van der Waals surface area (Å²) in [7, 11) is 0. The maximum absolute atomic E-state index is 9.53. The summed E-state index contributed by atoms with van der Waals surface area (Å²) in [6.07, 6.45) is -2.06. The van der Waals surface area contributed by atoms with E-state index in [1.807, 2.05) is 0 Å². The monoisotopic (exact) mass is 308 g/mol. The van der Waals surface area contributed by atoms with Gasteiger partial charge < -0.3 is 29.7 Å². The van der Waals surface area contributed by atoms with E-state index >= 15 is 0 Å². The zero-order chi connectivity index (χ0) is 12.9. The van der Waals surface area contributed by atoms with Gasteiger partial charge in [0.05, 0.1) is 0 Å². The third kappa shape index (κ3) is 65.8. The van der Waals surface area contributed by atoms with Crippen LogP contribution in [0.2, 0.25) is 0 Å². The molecular weight excluding hydrogens is 293 g/mol. The second kappa shape index (κ2) is 20.4. The van der Waals surface area contributed by atoms with Gasteiger partial charge in [0.25, 0.3) is 0 Å². The van der Waals surface area contributed by atoms with Crippen LogP contribution in [-0.4, -0.2) is 37.2 Å². The van der Waals surface area contributed by atoms with Crippen LogP contribution in [0.15, 0.2) is 0 Å².